The first-order valence-corrected chi connectivity index (χ1v) is 11.3. The molecule has 0 unspecified atom stereocenters. The first-order valence-electron chi connectivity index (χ1n) is 10.5. The first-order chi connectivity index (χ1) is 16.3. The average molecular weight is 496 g/mol. The van der Waals surface area contributed by atoms with Crippen LogP contribution in [0.4, 0.5) is 5.69 Å². The number of hydrogen-bond acceptors (Lipinski definition) is 4. The van der Waals surface area contributed by atoms with Crippen LogP contribution in [-0.4, -0.2) is 20.1 Å². The van der Waals surface area contributed by atoms with Gasteiger partial charge in [-0.05, 0) is 55.3 Å². The highest BCUT2D eigenvalue weighted by atomic mass is 35.5. The minimum atomic E-state index is -0.332. The van der Waals surface area contributed by atoms with Gasteiger partial charge in [0.15, 0.2) is 0 Å². The van der Waals surface area contributed by atoms with E-state index in [9.17, 15) is 4.79 Å². The van der Waals surface area contributed by atoms with Gasteiger partial charge in [0.2, 0.25) is 5.91 Å². The van der Waals surface area contributed by atoms with Gasteiger partial charge in [0.1, 0.15) is 17.1 Å². The Balaban J connectivity index is 1.77. The third kappa shape index (κ3) is 4.49. The van der Waals surface area contributed by atoms with Crippen LogP contribution in [-0.2, 0) is 4.79 Å². The Morgan fingerprint density at radius 3 is 2.56 bits per heavy atom. The number of allylic oxidation sites excluding steroid dienone is 1. The molecule has 0 aliphatic rings. The Hall–Kier alpha value is -3.41. The van der Waals surface area contributed by atoms with Crippen molar-refractivity contribution in [1.29, 1.82) is 0 Å². The number of nitrogens with one attached hydrogen (secondary N) is 1. The molecule has 0 aliphatic heterocycles. The van der Waals surface area contributed by atoms with Gasteiger partial charge >= 0.3 is 0 Å². The van der Waals surface area contributed by atoms with E-state index in [2.05, 4.69) is 5.32 Å². The molecule has 0 spiro atoms. The summed E-state index contributed by atoms with van der Waals surface area (Å²) < 4.78 is 17.0. The van der Waals surface area contributed by atoms with Crippen molar-refractivity contribution in [2.24, 2.45) is 0 Å². The van der Waals surface area contributed by atoms with Gasteiger partial charge in [0.25, 0.3) is 0 Å². The summed E-state index contributed by atoms with van der Waals surface area (Å²) in [6.07, 6.45) is 3.23. The van der Waals surface area contributed by atoms with Crippen LogP contribution in [0.25, 0.3) is 27.7 Å². The average Bonchev–Trinajstić information content (AvgIpc) is 3.26. The standard InChI is InChI=1S/C27H23Cl2NO4/c1-15(11-24(31)30-23-10-6-9-22(28)25(23)29)19-13-20-21(17-7-5-8-18(12-17)32-3)14-34-27(20)16(2)26(19)33-4/h5-14H,1-4H3,(H,30,31)/b15-11+. The second-order valence-electron chi connectivity index (χ2n) is 7.76. The zero-order chi connectivity index (χ0) is 24.4. The predicted octanol–water partition coefficient (Wildman–Crippen LogP) is 7.77. The van der Waals surface area contributed by atoms with Gasteiger partial charge in [-0.3, -0.25) is 4.79 Å². The number of aryl methyl sites for hydroxylation is 1. The molecule has 4 aromatic rings. The van der Waals surface area contributed by atoms with E-state index >= 15 is 0 Å². The number of benzene rings is 3. The lowest BCUT2D eigenvalue weighted by molar-refractivity contribution is -0.111. The maximum Gasteiger partial charge on any atom is 0.248 e. The summed E-state index contributed by atoms with van der Waals surface area (Å²) >= 11 is 12.3. The van der Waals surface area contributed by atoms with Gasteiger partial charge in [-0.2, -0.15) is 0 Å². The molecule has 0 atom stereocenters. The second-order valence-corrected chi connectivity index (χ2v) is 8.54. The lowest BCUT2D eigenvalue weighted by Crippen LogP contribution is -2.09. The molecule has 1 heterocycles. The Morgan fingerprint density at radius 1 is 1.06 bits per heavy atom. The van der Waals surface area contributed by atoms with Crippen LogP contribution >= 0.6 is 23.2 Å². The van der Waals surface area contributed by atoms with E-state index < -0.39 is 0 Å². The van der Waals surface area contributed by atoms with E-state index in [1.165, 1.54) is 6.08 Å². The highest BCUT2D eigenvalue weighted by molar-refractivity contribution is 6.44. The third-order valence-corrected chi connectivity index (χ3v) is 6.43. The Bertz CT molecular complexity index is 1420. The summed E-state index contributed by atoms with van der Waals surface area (Å²) in [7, 11) is 3.23. The van der Waals surface area contributed by atoms with Crippen LogP contribution in [0.2, 0.25) is 10.0 Å². The van der Waals surface area contributed by atoms with Crippen molar-refractivity contribution in [1.82, 2.24) is 0 Å². The molecular weight excluding hydrogens is 473 g/mol. The summed E-state index contributed by atoms with van der Waals surface area (Å²) in [4.78, 5) is 12.8. The van der Waals surface area contributed by atoms with Crippen molar-refractivity contribution in [2.45, 2.75) is 13.8 Å². The monoisotopic (exact) mass is 495 g/mol. The second kappa shape index (κ2) is 9.84. The number of rotatable bonds is 6. The molecule has 1 amide bonds. The molecule has 0 saturated heterocycles. The third-order valence-electron chi connectivity index (χ3n) is 5.61. The van der Waals surface area contributed by atoms with Crippen molar-refractivity contribution >= 4 is 51.3 Å². The lowest BCUT2D eigenvalue weighted by atomic mass is 9.96. The maximum absolute atomic E-state index is 12.8. The van der Waals surface area contributed by atoms with E-state index in [-0.39, 0.29) is 5.91 Å². The molecule has 1 N–H and O–H groups in total. The highest BCUT2D eigenvalue weighted by Gasteiger charge is 2.19. The topological polar surface area (TPSA) is 60.7 Å². The molecule has 5 nitrogen and oxygen atoms in total. The number of amides is 1. The van der Waals surface area contributed by atoms with Gasteiger partial charge < -0.3 is 19.2 Å². The van der Waals surface area contributed by atoms with Crippen molar-refractivity contribution in [3.05, 3.63) is 82.0 Å². The number of methoxy groups -OCH3 is 2. The Labute approximate surface area is 207 Å². The zero-order valence-electron chi connectivity index (χ0n) is 19.2. The Kier molecular flexibility index (Phi) is 6.87. The van der Waals surface area contributed by atoms with Gasteiger partial charge in [-0.25, -0.2) is 0 Å². The first kappa shape index (κ1) is 23.7. The quantitative estimate of drug-likeness (QED) is 0.277. The van der Waals surface area contributed by atoms with Crippen LogP contribution in [0.5, 0.6) is 11.5 Å². The molecule has 0 fully saturated rings. The fourth-order valence-corrected chi connectivity index (χ4v) is 4.28. The molecule has 4 rings (SSSR count). The van der Waals surface area contributed by atoms with Gasteiger partial charge in [0.05, 0.1) is 36.2 Å². The molecule has 174 valence electrons. The van der Waals surface area contributed by atoms with Gasteiger partial charge in [-0.1, -0.05) is 41.4 Å². The van der Waals surface area contributed by atoms with Crippen molar-refractivity contribution < 1.29 is 18.7 Å². The summed E-state index contributed by atoms with van der Waals surface area (Å²) in [5.41, 5.74) is 5.39. The highest BCUT2D eigenvalue weighted by Crippen LogP contribution is 2.41. The number of furan rings is 1. The van der Waals surface area contributed by atoms with E-state index in [0.717, 1.165) is 44.5 Å². The predicted molar refractivity (Wildman–Crippen MR) is 138 cm³/mol. The summed E-state index contributed by atoms with van der Waals surface area (Å²) in [6, 6.07) is 14.8. The summed E-state index contributed by atoms with van der Waals surface area (Å²) in [5, 5.41) is 4.35. The van der Waals surface area contributed by atoms with Gasteiger partial charge in [-0.15, -0.1) is 0 Å². The molecule has 0 aliphatic carbocycles. The molecule has 1 aromatic heterocycles. The smallest absolute Gasteiger partial charge is 0.248 e. The van der Waals surface area contributed by atoms with Gasteiger partial charge in [0, 0.05) is 28.2 Å². The fraction of sp³-hybridized carbons (Fsp3) is 0.148. The van der Waals surface area contributed by atoms with Crippen molar-refractivity contribution in [3.8, 4) is 22.6 Å². The van der Waals surface area contributed by atoms with Crippen LogP contribution < -0.4 is 14.8 Å². The lowest BCUT2D eigenvalue weighted by Gasteiger charge is -2.14. The van der Waals surface area contributed by atoms with Crippen LogP contribution in [0.15, 0.2) is 65.3 Å². The van der Waals surface area contributed by atoms with E-state index in [0.29, 0.717) is 21.5 Å². The number of hydrogen-bond donors (Lipinski definition) is 1. The molecule has 7 heteroatoms. The molecule has 0 radical (unpaired) electrons. The molecule has 0 saturated carbocycles. The number of halogens is 2. The molecule has 34 heavy (non-hydrogen) atoms. The van der Waals surface area contributed by atoms with Crippen molar-refractivity contribution in [3.63, 3.8) is 0 Å². The molecule has 3 aromatic carbocycles. The number of carbonyl (C=O) groups excluding carboxylic acids is 1. The largest absolute Gasteiger partial charge is 0.497 e. The number of ether oxygens (including phenoxy) is 2. The van der Waals surface area contributed by atoms with Crippen LogP contribution in [0.3, 0.4) is 0 Å². The summed E-state index contributed by atoms with van der Waals surface area (Å²) in [5.74, 6) is 1.06. The fourth-order valence-electron chi connectivity index (χ4n) is 3.93. The minimum absolute atomic E-state index is 0.291. The normalized spacial score (nSPS) is 11.5. The van der Waals surface area contributed by atoms with Crippen molar-refractivity contribution in [2.75, 3.05) is 19.5 Å². The maximum atomic E-state index is 12.8. The number of carbonyl (C=O) groups is 1. The van der Waals surface area contributed by atoms with Crippen LogP contribution in [0.1, 0.15) is 18.1 Å². The van der Waals surface area contributed by atoms with E-state index in [4.69, 9.17) is 37.1 Å². The molecular formula is C27H23Cl2NO4. The molecule has 0 bridgehead atoms. The zero-order valence-corrected chi connectivity index (χ0v) is 20.7. The number of fused-ring (bicyclic) bond motifs is 1. The summed E-state index contributed by atoms with van der Waals surface area (Å²) in [6.45, 7) is 3.79. The van der Waals surface area contributed by atoms with E-state index in [1.807, 2.05) is 44.2 Å². The van der Waals surface area contributed by atoms with Crippen LogP contribution in [0, 0.1) is 6.92 Å². The number of anilines is 1. The Morgan fingerprint density at radius 2 is 1.82 bits per heavy atom. The SMILES string of the molecule is COc1cccc(-c2coc3c(C)c(OC)c(/C(C)=C/C(=O)Nc4cccc(Cl)c4Cl)cc23)c1. The minimum Gasteiger partial charge on any atom is -0.497 e. The van der Waals surface area contributed by atoms with E-state index in [1.54, 1.807) is 38.7 Å².